The van der Waals surface area contributed by atoms with Crippen molar-refractivity contribution < 1.29 is 14.4 Å². The number of nitrogens with zero attached hydrogens (tertiary/aromatic N) is 6. The predicted octanol–water partition coefficient (Wildman–Crippen LogP) is 1.94. The van der Waals surface area contributed by atoms with Gasteiger partial charge in [-0.15, -0.1) is 0 Å². The van der Waals surface area contributed by atoms with Crippen molar-refractivity contribution in [3.63, 3.8) is 0 Å². The zero-order chi connectivity index (χ0) is 23.7. The van der Waals surface area contributed by atoms with E-state index in [0.29, 0.717) is 42.1 Å². The third kappa shape index (κ3) is 4.41. The fourth-order valence-corrected chi connectivity index (χ4v) is 3.74. The minimum absolute atomic E-state index is 0.110. The maximum Gasteiger partial charge on any atom is 0.241 e. The van der Waals surface area contributed by atoms with Crippen LogP contribution in [0, 0.1) is 18.8 Å². The van der Waals surface area contributed by atoms with E-state index in [9.17, 15) is 5.11 Å². The minimum Gasteiger partial charge on any atom is -0.381 e. The second kappa shape index (κ2) is 8.74. The van der Waals surface area contributed by atoms with Crippen molar-refractivity contribution in [3.05, 3.63) is 47.6 Å². The lowest BCUT2D eigenvalue weighted by Gasteiger charge is -2.23. The molecule has 3 aromatic heterocycles. The van der Waals surface area contributed by atoms with Gasteiger partial charge in [0.1, 0.15) is 17.8 Å². The van der Waals surface area contributed by atoms with E-state index in [1.807, 2.05) is 18.2 Å². The number of aromatic nitrogens is 6. The molecule has 1 atom stereocenters. The van der Waals surface area contributed by atoms with Crippen LogP contribution in [0.15, 0.2) is 35.1 Å². The quantitative estimate of drug-likeness (QED) is 0.386. The van der Waals surface area contributed by atoms with E-state index in [-0.39, 0.29) is 12.0 Å². The van der Waals surface area contributed by atoms with Gasteiger partial charge in [-0.1, -0.05) is 17.0 Å². The molecule has 0 radical (unpaired) electrons. The molecule has 1 fully saturated rings. The van der Waals surface area contributed by atoms with Crippen molar-refractivity contribution in [2.24, 2.45) is 0 Å². The minimum atomic E-state index is -1.47. The number of nitrogens with two attached hydrogens (primary N) is 1. The molecule has 0 spiro atoms. The number of fused-ring (bicyclic) bond motifs is 1. The summed E-state index contributed by atoms with van der Waals surface area (Å²) >= 11 is 0. The van der Waals surface area contributed by atoms with Crippen LogP contribution in [-0.2, 0) is 10.3 Å². The monoisotopic (exact) mass is 460 g/mol. The van der Waals surface area contributed by atoms with E-state index in [1.54, 1.807) is 24.5 Å². The van der Waals surface area contributed by atoms with Gasteiger partial charge in [-0.25, -0.2) is 19.5 Å². The number of rotatable bonds is 4. The Balaban J connectivity index is 1.56. The van der Waals surface area contributed by atoms with E-state index >= 15 is 0 Å². The van der Waals surface area contributed by atoms with Gasteiger partial charge in [0.15, 0.2) is 5.60 Å². The van der Waals surface area contributed by atoms with E-state index in [1.165, 1.54) is 6.33 Å². The lowest BCUT2D eigenvalue weighted by Crippen LogP contribution is -2.29. The molecule has 1 aliphatic heterocycles. The third-order valence-electron chi connectivity index (χ3n) is 5.56. The largest absolute Gasteiger partial charge is 0.381 e. The molecule has 174 valence electrons. The molecule has 1 aliphatic rings. The van der Waals surface area contributed by atoms with Gasteiger partial charge >= 0.3 is 0 Å². The first-order valence-electron chi connectivity index (χ1n) is 10.9. The van der Waals surface area contributed by atoms with Crippen LogP contribution in [0.4, 0.5) is 11.9 Å². The van der Waals surface area contributed by atoms with Crippen LogP contribution in [0.5, 0.6) is 0 Å². The maximum absolute atomic E-state index is 10.7. The smallest absolute Gasteiger partial charge is 0.241 e. The number of hydrogen-bond acceptors (Lipinski definition) is 10. The number of aryl methyl sites for hydroxylation is 1. The first-order chi connectivity index (χ1) is 16.4. The second-order valence-electron chi connectivity index (χ2n) is 8.29. The van der Waals surface area contributed by atoms with E-state index < -0.39 is 5.60 Å². The van der Waals surface area contributed by atoms with Crippen LogP contribution < -0.4 is 11.1 Å². The number of anilines is 2. The number of benzene rings is 1. The van der Waals surface area contributed by atoms with Gasteiger partial charge in [-0.3, -0.25) is 0 Å². The van der Waals surface area contributed by atoms with E-state index in [2.05, 4.69) is 37.3 Å². The van der Waals surface area contributed by atoms with Crippen molar-refractivity contribution in [1.82, 2.24) is 29.7 Å². The van der Waals surface area contributed by atoms with E-state index in [0.717, 1.165) is 23.9 Å². The lowest BCUT2D eigenvalue weighted by atomic mass is 10.0. The SMILES string of the molecule is Cc1cc(C(C)(O)C#Cc2ccc3nc(NC4CCOCC4)n(-c4ncnc(N)n4)c3c2)no1. The Kier molecular flexibility index (Phi) is 5.61. The van der Waals surface area contributed by atoms with Crippen LogP contribution in [0.2, 0.25) is 0 Å². The zero-order valence-corrected chi connectivity index (χ0v) is 18.8. The van der Waals surface area contributed by atoms with E-state index in [4.69, 9.17) is 20.0 Å². The average Bonchev–Trinajstić information content (AvgIpc) is 3.42. The molecule has 11 nitrogen and oxygen atoms in total. The first-order valence-corrected chi connectivity index (χ1v) is 10.9. The Bertz CT molecular complexity index is 1390. The molecule has 0 saturated carbocycles. The van der Waals surface area contributed by atoms with Gasteiger partial charge in [0.25, 0.3) is 0 Å². The molecule has 34 heavy (non-hydrogen) atoms. The van der Waals surface area contributed by atoms with Gasteiger partial charge in [0, 0.05) is 30.9 Å². The summed E-state index contributed by atoms with van der Waals surface area (Å²) in [6, 6.07) is 7.45. The summed E-state index contributed by atoms with van der Waals surface area (Å²) in [7, 11) is 0. The van der Waals surface area contributed by atoms with Crippen LogP contribution >= 0.6 is 0 Å². The maximum atomic E-state index is 10.7. The van der Waals surface area contributed by atoms with Gasteiger partial charge in [-0.05, 0) is 44.9 Å². The number of ether oxygens (including phenoxy) is 1. The summed E-state index contributed by atoms with van der Waals surface area (Å²) in [5.74, 6) is 7.56. The zero-order valence-electron chi connectivity index (χ0n) is 18.8. The standard InChI is InChI=1S/C23H24N8O3/c1-14-11-19(30-34-14)23(2,32)8-5-15-3-4-17-18(12-15)31(21-26-13-25-20(24)29-21)22(28-17)27-16-6-9-33-10-7-16/h3-4,11-13,16,32H,6-7,9-10H2,1-2H3,(H,27,28)(H2,24,25,26,29). The molecule has 1 aromatic carbocycles. The molecule has 1 saturated heterocycles. The molecule has 4 N–H and O–H groups in total. The van der Waals surface area contributed by atoms with Crippen molar-refractivity contribution in [3.8, 4) is 17.8 Å². The molecule has 11 heteroatoms. The van der Waals surface area contributed by atoms with Gasteiger partial charge < -0.3 is 25.4 Å². The fourth-order valence-electron chi connectivity index (χ4n) is 3.74. The number of nitrogen functional groups attached to an aromatic ring is 1. The lowest BCUT2D eigenvalue weighted by molar-refractivity contribution is 0.0903. The third-order valence-corrected chi connectivity index (χ3v) is 5.56. The van der Waals surface area contributed by atoms with Crippen LogP contribution in [0.25, 0.3) is 17.0 Å². The summed E-state index contributed by atoms with van der Waals surface area (Å²) in [5, 5.41) is 18.1. The normalized spacial score (nSPS) is 16.1. The number of aliphatic hydroxyl groups is 1. The molecule has 0 bridgehead atoms. The highest BCUT2D eigenvalue weighted by Crippen LogP contribution is 2.26. The summed E-state index contributed by atoms with van der Waals surface area (Å²) in [6.45, 7) is 4.72. The predicted molar refractivity (Wildman–Crippen MR) is 124 cm³/mol. The molecule has 5 rings (SSSR count). The first kappa shape index (κ1) is 21.8. The molecule has 4 heterocycles. The topological polar surface area (TPSA) is 150 Å². The number of nitrogens with one attached hydrogen (secondary N) is 1. The van der Waals surface area contributed by atoms with Crippen molar-refractivity contribution in [2.75, 3.05) is 24.3 Å². The Morgan fingerprint density at radius 2 is 2.03 bits per heavy atom. The Labute approximate surface area is 195 Å². The molecule has 4 aromatic rings. The van der Waals surface area contributed by atoms with Gasteiger partial charge in [-0.2, -0.15) is 4.98 Å². The van der Waals surface area contributed by atoms with Crippen LogP contribution in [0.3, 0.4) is 0 Å². The van der Waals surface area contributed by atoms with Crippen LogP contribution in [-0.4, -0.2) is 54.0 Å². The van der Waals surface area contributed by atoms with Crippen molar-refractivity contribution in [2.45, 2.75) is 38.3 Å². The van der Waals surface area contributed by atoms with Gasteiger partial charge in [0.2, 0.25) is 17.8 Å². The summed E-state index contributed by atoms with van der Waals surface area (Å²) in [5.41, 5.74) is 6.86. The average molecular weight is 460 g/mol. The molecular weight excluding hydrogens is 436 g/mol. The van der Waals surface area contributed by atoms with Crippen molar-refractivity contribution >= 4 is 22.9 Å². The number of hydrogen-bond donors (Lipinski definition) is 3. The Morgan fingerprint density at radius 1 is 1.21 bits per heavy atom. The molecular formula is C23H24N8O3. The summed E-state index contributed by atoms with van der Waals surface area (Å²) in [6.07, 6.45) is 3.11. The highest BCUT2D eigenvalue weighted by atomic mass is 16.5. The Hall–Kier alpha value is -4.01. The Morgan fingerprint density at radius 3 is 2.76 bits per heavy atom. The highest BCUT2D eigenvalue weighted by Gasteiger charge is 2.24. The number of imidazole rings is 1. The summed E-state index contributed by atoms with van der Waals surface area (Å²) in [4.78, 5) is 17.3. The molecule has 1 unspecified atom stereocenters. The highest BCUT2D eigenvalue weighted by molar-refractivity contribution is 5.82. The summed E-state index contributed by atoms with van der Waals surface area (Å²) < 4.78 is 12.3. The fraction of sp³-hybridized carbons (Fsp3) is 0.348. The molecule has 0 amide bonds. The second-order valence-corrected chi connectivity index (χ2v) is 8.29. The van der Waals surface area contributed by atoms with Crippen LogP contribution in [0.1, 0.15) is 36.8 Å². The van der Waals surface area contributed by atoms with Gasteiger partial charge in [0.05, 0.1) is 11.0 Å². The molecule has 0 aliphatic carbocycles. The van der Waals surface area contributed by atoms with Crippen molar-refractivity contribution in [1.29, 1.82) is 0 Å².